The van der Waals surface area contributed by atoms with E-state index in [1.807, 2.05) is 30.3 Å². The van der Waals surface area contributed by atoms with Crippen molar-refractivity contribution in [3.05, 3.63) is 77.2 Å². The average molecular weight is 568 g/mol. The van der Waals surface area contributed by atoms with Crippen LogP contribution in [0.3, 0.4) is 0 Å². The normalized spacial score (nSPS) is 24.8. The van der Waals surface area contributed by atoms with Crippen molar-refractivity contribution in [3.63, 3.8) is 0 Å². The van der Waals surface area contributed by atoms with Gasteiger partial charge in [-0.3, -0.25) is 9.59 Å². The number of oxazole rings is 1. The van der Waals surface area contributed by atoms with Gasteiger partial charge in [0.1, 0.15) is 0 Å². The summed E-state index contributed by atoms with van der Waals surface area (Å²) in [5.41, 5.74) is 1.25. The summed E-state index contributed by atoms with van der Waals surface area (Å²) in [4.78, 5) is 29.6. The molecule has 2 heterocycles. The van der Waals surface area contributed by atoms with E-state index in [1.54, 1.807) is 17.0 Å². The fourth-order valence-corrected chi connectivity index (χ4v) is 6.72. The lowest BCUT2D eigenvalue weighted by Crippen LogP contribution is -2.33. The van der Waals surface area contributed by atoms with Crippen LogP contribution in [0.4, 0.5) is 24.9 Å². The summed E-state index contributed by atoms with van der Waals surface area (Å²) in [5, 5.41) is 11.8. The van der Waals surface area contributed by atoms with Gasteiger partial charge < -0.3 is 19.7 Å². The second-order valence-electron chi connectivity index (χ2n) is 11.7. The van der Waals surface area contributed by atoms with Gasteiger partial charge >= 0.3 is 12.1 Å². The standard InChI is InChI=1S/C31H32F3N3O4/c32-31(33,34)26-25(41-29(36-26)37-16-12-22(13-17-37)19-4-2-1-3-5-19)27(38)35-23-8-6-20(7-9-23)21-10-14-30(15-11-21)18-24(30)28(39)40/h1-9,21-22,24H,10-18H2,(H,35,38)(H,39,40). The van der Waals surface area contributed by atoms with Gasteiger partial charge in [0.25, 0.3) is 11.9 Å². The summed E-state index contributed by atoms with van der Waals surface area (Å²) in [5.74, 6) is -2.18. The highest BCUT2D eigenvalue weighted by Gasteiger charge is 2.58. The largest absolute Gasteiger partial charge is 0.481 e. The van der Waals surface area contributed by atoms with E-state index in [0.717, 1.165) is 50.5 Å². The van der Waals surface area contributed by atoms with Crippen molar-refractivity contribution >= 4 is 23.6 Å². The number of nitrogens with one attached hydrogen (secondary N) is 1. The van der Waals surface area contributed by atoms with E-state index in [2.05, 4.69) is 22.4 Å². The molecule has 3 fully saturated rings. The van der Waals surface area contributed by atoms with E-state index >= 15 is 0 Å². The average Bonchev–Trinajstić information content (AvgIpc) is 3.47. The van der Waals surface area contributed by atoms with Gasteiger partial charge in [-0.2, -0.15) is 18.2 Å². The minimum Gasteiger partial charge on any atom is -0.481 e. The minimum absolute atomic E-state index is 0.0415. The number of carbonyl (C=O) groups excluding carboxylic acids is 1. The van der Waals surface area contributed by atoms with Crippen LogP contribution in [-0.4, -0.2) is 35.1 Å². The lowest BCUT2D eigenvalue weighted by molar-refractivity contribution is -0.141. The molecule has 6 rings (SSSR count). The molecule has 1 unspecified atom stereocenters. The SMILES string of the molecule is O=C(Nc1ccc(C2CCC3(CC2)CC3C(=O)O)cc1)c1oc(N2CCC(c3ccccc3)CC2)nc1C(F)(F)F. The molecule has 1 aromatic heterocycles. The van der Waals surface area contributed by atoms with Gasteiger partial charge in [-0.25, -0.2) is 0 Å². The quantitative estimate of drug-likeness (QED) is 0.331. The molecule has 1 saturated heterocycles. The number of carboxylic acids is 1. The summed E-state index contributed by atoms with van der Waals surface area (Å²) in [6, 6.07) is 16.9. The number of nitrogens with zero attached hydrogens (tertiary/aromatic N) is 2. The number of alkyl halides is 3. The molecule has 1 spiro atoms. The topological polar surface area (TPSA) is 95.7 Å². The van der Waals surface area contributed by atoms with Crippen molar-refractivity contribution in [2.45, 2.75) is 63.0 Å². The number of halogens is 3. The van der Waals surface area contributed by atoms with Gasteiger partial charge in [-0.05, 0) is 85.5 Å². The van der Waals surface area contributed by atoms with Crippen molar-refractivity contribution in [2.24, 2.45) is 11.3 Å². The molecule has 41 heavy (non-hydrogen) atoms. The van der Waals surface area contributed by atoms with Crippen molar-refractivity contribution in [2.75, 3.05) is 23.3 Å². The highest BCUT2D eigenvalue weighted by molar-refractivity contribution is 6.03. The summed E-state index contributed by atoms with van der Waals surface area (Å²) in [7, 11) is 0. The van der Waals surface area contributed by atoms with Crippen LogP contribution in [0.5, 0.6) is 0 Å². The zero-order chi connectivity index (χ0) is 28.8. The number of aliphatic carboxylic acids is 1. The molecule has 2 aromatic carbocycles. The molecule has 216 valence electrons. The number of piperidine rings is 1. The van der Waals surface area contributed by atoms with Crippen LogP contribution in [0.2, 0.25) is 0 Å². The Bertz CT molecular complexity index is 1400. The molecule has 1 atom stereocenters. The van der Waals surface area contributed by atoms with Crippen LogP contribution in [0.1, 0.15) is 84.2 Å². The minimum atomic E-state index is -4.85. The Balaban J connectivity index is 1.10. The number of carboxylic acid groups (broad SMARTS) is 1. The van der Waals surface area contributed by atoms with Crippen LogP contribution < -0.4 is 10.2 Å². The molecule has 0 radical (unpaired) electrons. The second kappa shape index (κ2) is 10.5. The Hall–Kier alpha value is -3.82. The first kappa shape index (κ1) is 27.4. The molecule has 10 heteroatoms. The number of anilines is 2. The Morgan fingerprint density at radius 3 is 2.12 bits per heavy atom. The van der Waals surface area contributed by atoms with E-state index in [1.165, 1.54) is 5.56 Å². The molecule has 7 nitrogen and oxygen atoms in total. The molecular formula is C31H32F3N3O4. The van der Waals surface area contributed by atoms with Gasteiger partial charge in [0.05, 0.1) is 5.92 Å². The van der Waals surface area contributed by atoms with E-state index in [9.17, 15) is 27.9 Å². The first-order chi connectivity index (χ1) is 19.6. The van der Waals surface area contributed by atoms with Gasteiger partial charge in [-0.1, -0.05) is 42.5 Å². The van der Waals surface area contributed by atoms with Crippen LogP contribution in [0.25, 0.3) is 0 Å². The number of carbonyl (C=O) groups is 2. The second-order valence-corrected chi connectivity index (χ2v) is 11.7. The summed E-state index contributed by atoms with van der Waals surface area (Å²) >= 11 is 0. The third-order valence-corrected chi connectivity index (χ3v) is 9.24. The first-order valence-corrected chi connectivity index (χ1v) is 14.1. The Labute approximate surface area is 235 Å². The van der Waals surface area contributed by atoms with Crippen molar-refractivity contribution in [3.8, 4) is 0 Å². The van der Waals surface area contributed by atoms with Crippen LogP contribution in [0.15, 0.2) is 59.0 Å². The van der Waals surface area contributed by atoms with Gasteiger partial charge in [0.2, 0.25) is 5.76 Å². The summed E-state index contributed by atoms with van der Waals surface area (Å²) in [6.07, 6.45) is 0.945. The summed E-state index contributed by atoms with van der Waals surface area (Å²) in [6.45, 7) is 0.943. The zero-order valence-corrected chi connectivity index (χ0v) is 22.5. The van der Waals surface area contributed by atoms with Gasteiger partial charge in [-0.15, -0.1) is 0 Å². The van der Waals surface area contributed by atoms with Crippen molar-refractivity contribution in [1.82, 2.24) is 4.98 Å². The fourth-order valence-electron chi connectivity index (χ4n) is 6.72. The Morgan fingerprint density at radius 1 is 0.927 bits per heavy atom. The maximum Gasteiger partial charge on any atom is 0.437 e. The number of aromatic nitrogens is 1. The predicted molar refractivity (Wildman–Crippen MR) is 146 cm³/mol. The maximum atomic E-state index is 13.8. The smallest absolute Gasteiger partial charge is 0.437 e. The molecule has 1 aliphatic heterocycles. The number of amides is 1. The molecule has 2 aliphatic carbocycles. The van der Waals surface area contributed by atoms with Crippen LogP contribution >= 0.6 is 0 Å². The molecular weight excluding hydrogens is 535 g/mol. The monoisotopic (exact) mass is 567 g/mol. The number of benzene rings is 2. The molecule has 3 aliphatic rings. The number of hydrogen-bond donors (Lipinski definition) is 2. The molecule has 1 amide bonds. The molecule has 3 aromatic rings. The lowest BCUT2D eigenvalue weighted by Gasteiger charge is -2.31. The maximum absolute atomic E-state index is 13.8. The van der Waals surface area contributed by atoms with E-state index in [4.69, 9.17) is 4.42 Å². The molecule has 0 bridgehead atoms. The van der Waals surface area contributed by atoms with E-state index < -0.39 is 29.5 Å². The highest BCUT2D eigenvalue weighted by atomic mass is 19.4. The molecule has 2 N–H and O–H groups in total. The fraction of sp³-hybridized carbons (Fsp3) is 0.452. The third kappa shape index (κ3) is 5.56. The van der Waals surface area contributed by atoms with Gasteiger partial charge in [0, 0.05) is 18.8 Å². The predicted octanol–water partition coefficient (Wildman–Crippen LogP) is 7.08. The van der Waals surface area contributed by atoms with Gasteiger partial charge in [0.15, 0.2) is 5.69 Å². The first-order valence-electron chi connectivity index (χ1n) is 14.1. The number of rotatable bonds is 6. The Morgan fingerprint density at radius 2 is 1.54 bits per heavy atom. The zero-order valence-electron chi connectivity index (χ0n) is 22.5. The van der Waals surface area contributed by atoms with Crippen molar-refractivity contribution < 1.29 is 32.3 Å². The third-order valence-electron chi connectivity index (χ3n) is 9.24. The van der Waals surface area contributed by atoms with Crippen molar-refractivity contribution in [1.29, 1.82) is 0 Å². The number of hydrogen-bond acceptors (Lipinski definition) is 5. The lowest BCUT2D eigenvalue weighted by atomic mass is 9.76. The Kier molecular flexibility index (Phi) is 7.03. The molecule has 2 saturated carbocycles. The van der Waals surface area contributed by atoms with Crippen LogP contribution in [-0.2, 0) is 11.0 Å². The van der Waals surface area contributed by atoms with E-state index in [0.29, 0.717) is 30.6 Å². The van der Waals surface area contributed by atoms with Crippen LogP contribution in [0, 0.1) is 11.3 Å². The summed E-state index contributed by atoms with van der Waals surface area (Å²) < 4.78 is 47.0. The van der Waals surface area contributed by atoms with E-state index in [-0.39, 0.29) is 17.3 Å². The highest BCUT2D eigenvalue weighted by Crippen LogP contribution is 2.63.